The Hall–Kier alpha value is -2.36. The maximum Gasteiger partial charge on any atom is 0.269 e. The van der Waals surface area contributed by atoms with E-state index in [1.54, 1.807) is 12.1 Å². The highest BCUT2D eigenvalue weighted by atomic mass is 16.6. The number of nitrogens with one attached hydrogen (secondary N) is 1. The monoisotopic (exact) mass is 242 g/mol. The number of aryl methyl sites for hydroxylation is 1. The van der Waals surface area contributed by atoms with Crippen molar-refractivity contribution < 1.29 is 4.92 Å². The van der Waals surface area contributed by atoms with Crippen LogP contribution in [0.4, 0.5) is 11.4 Å². The van der Waals surface area contributed by atoms with Crippen LogP contribution in [-0.4, -0.2) is 4.92 Å². The van der Waals surface area contributed by atoms with Gasteiger partial charge in [0.2, 0.25) is 0 Å². The van der Waals surface area contributed by atoms with Crippen molar-refractivity contribution in [1.29, 1.82) is 0 Å². The van der Waals surface area contributed by atoms with E-state index in [0.29, 0.717) is 6.54 Å². The highest BCUT2D eigenvalue weighted by Gasteiger charge is 2.03. The number of hydrogen-bond donors (Lipinski definition) is 1. The first-order chi connectivity index (χ1) is 8.65. The van der Waals surface area contributed by atoms with Gasteiger partial charge in [-0.05, 0) is 24.6 Å². The number of rotatable bonds is 4. The van der Waals surface area contributed by atoms with Crippen LogP contribution < -0.4 is 5.32 Å². The van der Waals surface area contributed by atoms with Gasteiger partial charge >= 0.3 is 0 Å². The first-order valence-electron chi connectivity index (χ1n) is 5.69. The second-order valence-corrected chi connectivity index (χ2v) is 4.14. The van der Waals surface area contributed by atoms with Crippen LogP contribution in [0.5, 0.6) is 0 Å². The van der Waals surface area contributed by atoms with Gasteiger partial charge in [-0.2, -0.15) is 0 Å². The summed E-state index contributed by atoms with van der Waals surface area (Å²) in [5.41, 5.74) is 3.39. The lowest BCUT2D eigenvalue weighted by Crippen LogP contribution is -1.99. The molecule has 0 unspecified atom stereocenters. The summed E-state index contributed by atoms with van der Waals surface area (Å²) in [7, 11) is 0. The number of anilines is 1. The Bertz CT molecular complexity index is 533. The van der Waals surface area contributed by atoms with Crippen LogP contribution in [0.25, 0.3) is 0 Å². The van der Waals surface area contributed by atoms with E-state index in [1.165, 1.54) is 23.3 Å². The zero-order valence-electron chi connectivity index (χ0n) is 10.1. The highest BCUT2D eigenvalue weighted by molar-refractivity contribution is 5.48. The lowest BCUT2D eigenvalue weighted by molar-refractivity contribution is -0.384. The zero-order chi connectivity index (χ0) is 13.0. The van der Waals surface area contributed by atoms with E-state index in [-0.39, 0.29) is 5.69 Å². The summed E-state index contributed by atoms with van der Waals surface area (Å²) in [5.74, 6) is 0. The van der Waals surface area contributed by atoms with Crippen molar-refractivity contribution in [3.05, 3.63) is 69.8 Å². The Morgan fingerprint density at radius 2 is 1.67 bits per heavy atom. The zero-order valence-corrected chi connectivity index (χ0v) is 10.1. The highest BCUT2D eigenvalue weighted by Crippen LogP contribution is 2.16. The number of non-ortho nitro benzene ring substituents is 1. The van der Waals surface area contributed by atoms with Crippen molar-refractivity contribution in [2.24, 2.45) is 0 Å². The van der Waals surface area contributed by atoms with Gasteiger partial charge in [0, 0.05) is 24.4 Å². The third-order valence-corrected chi connectivity index (χ3v) is 2.70. The molecule has 0 bridgehead atoms. The van der Waals surface area contributed by atoms with Gasteiger partial charge in [0.15, 0.2) is 0 Å². The van der Waals surface area contributed by atoms with Crippen molar-refractivity contribution >= 4 is 11.4 Å². The maximum atomic E-state index is 10.5. The van der Waals surface area contributed by atoms with Crippen LogP contribution in [0.3, 0.4) is 0 Å². The normalized spacial score (nSPS) is 10.1. The molecule has 4 heteroatoms. The van der Waals surface area contributed by atoms with Gasteiger partial charge in [-0.3, -0.25) is 10.1 Å². The van der Waals surface area contributed by atoms with Crippen molar-refractivity contribution in [3.8, 4) is 0 Å². The molecule has 2 aromatic carbocycles. The first-order valence-corrected chi connectivity index (χ1v) is 5.69. The molecule has 0 aliphatic rings. The molecule has 2 rings (SSSR count). The summed E-state index contributed by atoms with van der Waals surface area (Å²) in [6, 6.07) is 14.7. The van der Waals surface area contributed by atoms with Gasteiger partial charge in [-0.15, -0.1) is 0 Å². The molecule has 0 saturated heterocycles. The van der Waals surface area contributed by atoms with Crippen molar-refractivity contribution in [1.82, 2.24) is 0 Å². The van der Waals surface area contributed by atoms with Gasteiger partial charge in [0.25, 0.3) is 5.69 Å². The Morgan fingerprint density at radius 1 is 1.06 bits per heavy atom. The van der Waals surface area contributed by atoms with Crippen molar-refractivity contribution in [2.45, 2.75) is 13.5 Å². The smallest absolute Gasteiger partial charge is 0.269 e. The lowest BCUT2D eigenvalue weighted by atomic mass is 10.1. The lowest BCUT2D eigenvalue weighted by Gasteiger charge is -2.06. The van der Waals surface area contributed by atoms with Gasteiger partial charge in [-0.1, -0.05) is 29.8 Å². The number of nitrogens with zero attached hydrogens (tertiary/aromatic N) is 1. The summed E-state index contributed by atoms with van der Waals surface area (Å²) in [5, 5.41) is 13.7. The molecule has 18 heavy (non-hydrogen) atoms. The van der Waals surface area contributed by atoms with Crippen molar-refractivity contribution in [3.63, 3.8) is 0 Å². The predicted molar refractivity (Wildman–Crippen MR) is 71.6 cm³/mol. The molecule has 0 aliphatic heterocycles. The molecule has 0 spiro atoms. The fraction of sp³-hybridized carbons (Fsp3) is 0.143. The summed E-state index contributed by atoms with van der Waals surface area (Å²) in [6.07, 6.45) is 0. The standard InChI is InChI=1S/C14H14N2O2/c1-11-2-4-12(5-3-11)10-15-13-6-8-14(9-7-13)16(17)18/h2-9,15H,10H2,1H3. The van der Waals surface area contributed by atoms with E-state index in [9.17, 15) is 10.1 Å². The minimum atomic E-state index is -0.399. The third-order valence-electron chi connectivity index (χ3n) is 2.70. The molecule has 0 heterocycles. The van der Waals surface area contributed by atoms with Crippen LogP contribution >= 0.6 is 0 Å². The van der Waals surface area contributed by atoms with Crippen LogP contribution in [0, 0.1) is 17.0 Å². The molecule has 0 amide bonds. The SMILES string of the molecule is Cc1ccc(CNc2ccc([N+](=O)[O-])cc2)cc1. The molecule has 92 valence electrons. The summed E-state index contributed by atoms with van der Waals surface area (Å²) in [6.45, 7) is 2.76. The molecule has 4 nitrogen and oxygen atoms in total. The summed E-state index contributed by atoms with van der Waals surface area (Å²) >= 11 is 0. The predicted octanol–water partition coefficient (Wildman–Crippen LogP) is 3.52. The van der Waals surface area contributed by atoms with Gasteiger partial charge in [-0.25, -0.2) is 0 Å². The van der Waals surface area contributed by atoms with E-state index in [1.807, 2.05) is 6.92 Å². The van der Waals surface area contributed by atoms with E-state index in [0.717, 1.165) is 5.69 Å². The van der Waals surface area contributed by atoms with Crippen LogP contribution in [0.1, 0.15) is 11.1 Å². The van der Waals surface area contributed by atoms with Crippen molar-refractivity contribution in [2.75, 3.05) is 5.32 Å². The Kier molecular flexibility index (Phi) is 3.57. The van der Waals surface area contributed by atoms with Gasteiger partial charge in [0.05, 0.1) is 4.92 Å². The average Bonchev–Trinajstić information content (AvgIpc) is 2.38. The van der Waals surface area contributed by atoms with Gasteiger partial charge in [0.1, 0.15) is 0 Å². The quantitative estimate of drug-likeness (QED) is 0.659. The Labute approximate surface area is 105 Å². The molecule has 1 N–H and O–H groups in total. The number of nitro groups is 1. The van der Waals surface area contributed by atoms with Crippen LogP contribution in [0.15, 0.2) is 48.5 Å². The van der Waals surface area contributed by atoms with E-state index in [2.05, 4.69) is 29.6 Å². The molecule has 0 saturated carbocycles. The van der Waals surface area contributed by atoms with Crippen LogP contribution in [-0.2, 0) is 6.54 Å². The Morgan fingerprint density at radius 3 is 2.22 bits per heavy atom. The first kappa shape index (κ1) is 12.1. The molecule has 2 aromatic rings. The van der Waals surface area contributed by atoms with E-state index < -0.39 is 4.92 Å². The maximum absolute atomic E-state index is 10.5. The molecule has 0 fully saturated rings. The molecular weight excluding hydrogens is 228 g/mol. The fourth-order valence-electron chi connectivity index (χ4n) is 1.61. The second-order valence-electron chi connectivity index (χ2n) is 4.14. The minimum absolute atomic E-state index is 0.107. The molecule has 0 aromatic heterocycles. The van der Waals surface area contributed by atoms with E-state index in [4.69, 9.17) is 0 Å². The van der Waals surface area contributed by atoms with Crippen LogP contribution in [0.2, 0.25) is 0 Å². The summed E-state index contributed by atoms with van der Waals surface area (Å²) in [4.78, 5) is 10.1. The average molecular weight is 242 g/mol. The minimum Gasteiger partial charge on any atom is -0.381 e. The van der Waals surface area contributed by atoms with E-state index >= 15 is 0 Å². The number of nitro benzene ring substituents is 1. The molecular formula is C14H14N2O2. The van der Waals surface area contributed by atoms with Gasteiger partial charge < -0.3 is 5.32 Å². The molecule has 0 aliphatic carbocycles. The number of hydrogen-bond acceptors (Lipinski definition) is 3. The fourth-order valence-corrected chi connectivity index (χ4v) is 1.61. The Balaban J connectivity index is 1.97. The molecule has 0 atom stereocenters. The molecule has 0 radical (unpaired) electrons. The number of benzene rings is 2. The topological polar surface area (TPSA) is 55.2 Å². The summed E-state index contributed by atoms with van der Waals surface area (Å²) < 4.78 is 0. The second kappa shape index (κ2) is 5.31. The largest absolute Gasteiger partial charge is 0.381 e. The third kappa shape index (κ3) is 3.07.